The summed E-state index contributed by atoms with van der Waals surface area (Å²) in [5.74, 6) is 3.47. The molecule has 1 fully saturated rings. The third kappa shape index (κ3) is 2.38. The molecule has 18 heavy (non-hydrogen) atoms. The molecule has 0 amide bonds. The minimum absolute atomic E-state index is 0.321. The number of nitrogens with one attached hydrogen (secondary N) is 1. The van der Waals surface area contributed by atoms with Gasteiger partial charge < -0.3 is 5.32 Å². The molecule has 2 aromatic rings. The van der Waals surface area contributed by atoms with Crippen molar-refractivity contribution < 1.29 is 0 Å². The molecule has 0 bridgehead atoms. The van der Waals surface area contributed by atoms with Crippen LogP contribution in [0.1, 0.15) is 18.7 Å². The van der Waals surface area contributed by atoms with Crippen LogP contribution >= 0.6 is 11.8 Å². The molecule has 3 heteroatoms. The van der Waals surface area contributed by atoms with E-state index >= 15 is 0 Å². The molecule has 1 aliphatic heterocycles. The van der Waals surface area contributed by atoms with E-state index in [9.17, 15) is 0 Å². The first-order valence-corrected chi connectivity index (χ1v) is 7.65. The molecule has 3 rings (SSSR count). The summed E-state index contributed by atoms with van der Waals surface area (Å²) in [6.45, 7) is 3.32. The van der Waals surface area contributed by atoms with Crippen LogP contribution < -0.4 is 5.32 Å². The Hall–Kier alpha value is -1.06. The Morgan fingerprint density at radius 2 is 2.17 bits per heavy atom. The van der Waals surface area contributed by atoms with Crippen molar-refractivity contribution in [2.24, 2.45) is 5.92 Å². The summed E-state index contributed by atoms with van der Waals surface area (Å²) in [5, 5.41) is 6.16. The summed E-state index contributed by atoms with van der Waals surface area (Å²) in [7, 11) is 0. The number of nitrogens with zero attached hydrogens (tertiary/aromatic N) is 1. The first-order valence-electron chi connectivity index (χ1n) is 6.49. The van der Waals surface area contributed by atoms with Crippen molar-refractivity contribution in [3.63, 3.8) is 0 Å². The summed E-state index contributed by atoms with van der Waals surface area (Å²) in [4.78, 5) is 4.56. The van der Waals surface area contributed by atoms with E-state index in [-0.39, 0.29) is 0 Å². The lowest BCUT2D eigenvalue weighted by Crippen LogP contribution is -2.33. The molecule has 2 heterocycles. The highest BCUT2D eigenvalue weighted by Crippen LogP contribution is 2.25. The quantitative estimate of drug-likeness (QED) is 0.911. The fraction of sp³-hybridized carbons (Fsp3) is 0.400. The third-order valence-electron chi connectivity index (χ3n) is 3.53. The highest BCUT2D eigenvalue weighted by Gasteiger charge is 2.19. The fourth-order valence-corrected chi connectivity index (χ4v) is 3.14. The van der Waals surface area contributed by atoms with E-state index in [1.165, 1.54) is 28.0 Å². The van der Waals surface area contributed by atoms with Gasteiger partial charge in [-0.05, 0) is 35.8 Å². The van der Waals surface area contributed by atoms with Gasteiger partial charge in [-0.15, -0.1) is 0 Å². The SMILES string of the molecule is CC(NCC1CSC1)c1nccc2ccccc12. The largest absolute Gasteiger partial charge is 0.308 e. The zero-order valence-corrected chi connectivity index (χ0v) is 11.4. The lowest BCUT2D eigenvalue weighted by atomic mass is 10.1. The zero-order chi connectivity index (χ0) is 12.4. The van der Waals surface area contributed by atoms with E-state index < -0.39 is 0 Å². The molecule has 0 saturated carbocycles. The van der Waals surface area contributed by atoms with Gasteiger partial charge in [0.05, 0.1) is 5.69 Å². The van der Waals surface area contributed by atoms with E-state index in [1.807, 2.05) is 18.0 Å². The summed E-state index contributed by atoms with van der Waals surface area (Å²) in [5.41, 5.74) is 1.17. The molecule has 0 aliphatic carbocycles. The molecule has 2 nitrogen and oxygen atoms in total. The molecule has 0 radical (unpaired) electrons. The van der Waals surface area contributed by atoms with Gasteiger partial charge in [-0.3, -0.25) is 4.98 Å². The van der Waals surface area contributed by atoms with Crippen LogP contribution in [0.5, 0.6) is 0 Å². The normalized spacial score (nSPS) is 17.6. The number of fused-ring (bicyclic) bond motifs is 1. The Morgan fingerprint density at radius 3 is 2.94 bits per heavy atom. The number of aromatic nitrogens is 1. The Balaban J connectivity index is 1.79. The molecule has 1 unspecified atom stereocenters. The minimum atomic E-state index is 0.321. The molecule has 1 atom stereocenters. The standard InChI is InChI=1S/C15H18N2S/c1-11(17-8-12-9-18-10-12)15-14-5-3-2-4-13(14)6-7-16-15/h2-7,11-12,17H,8-10H2,1H3. The highest BCUT2D eigenvalue weighted by atomic mass is 32.2. The van der Waals surface area contributed by atoms with Gasteiger partial charge in [-0.25, -0.2) is 0 Å². The molecule has 1 aliphatic rings. The maximum atomic E-state index is 4.56. The van der Waals surface area contributed by atoms with Gasteiger partial charge >= 0.3 is 0 Å². The van der Waals surface area contributed by atoms with Crippen LogP contribution in [0.25, 0.3) is 10.8 Å². The van der Waals surface area contributed by atoms with Crippen LogP contribution in [-0.2, 0) is 0 Å². The van der Waals surface area contributed by atoms with Crippen molar-refractivity contribution in [1.29, 1.82) is 0 Å². The van der Waals surface area contributed by atoms with Crippen LogP contribution in [0.15, 0.2) is 36.5 Å². The lowest BCUT2D eigenvalue weighted by Gasteiger charge is -2.27. The topological polar surface area (TPSA) is 24.9 Å². The number of hydrogen-bond donors (Lipinski definition) is 1. The molecular formula is C15H18N2S. The molecule has 1 aromatic heterocycles. The number of rotatable bonds is 4. The van der Waals surface area contributed by atoms with Gasteiger partial charge in [0.25, 0.3) is 0 Å². The molecule has 1 N–H and O–H groups in total. The van der Waals surface area contributed by atoms with E-state index in [0.29, 0.717) is 6.04 Å². The average Bonchev–Trinajstić information content (AvgIpc) is 2.36. The van der Waals surface area contributed by atoms with E-state index in [0.717, 1.165) is 12.5 Å². The Labute approximate surface area is 112 Å². The van der Waals surface area contributed by atoms with Gasteiger partial charge in [-0.2, -0.15) is 11.8 Å². The summed E-state index contributed by atoms with van der Waals surface area (Å²) >= 11 is 2.04. The summed E-state index contributed by atoms with van der Waals surface area (Å²) in [6.07, 6.45) is 1.91. The maximum absolute atomic E-state index is 4.56. The van der Waals surface area contributed by atoms with Crippen LogP contribution in [-0.4, -0.2) is 23.0 Å². The van der Waals surface area contributed by atoms with Crippen molar-refractivity contribution in [2.45, 2.75) is 13.0 Å². The molecule has 94 valence electrons. The smallest absolute Gasteiger partial charge is 0.0648 e. The first-order chi connectivity index (χ1) is 8.84. The lowest BCUT2D eigenvalue weighted by molar-refractivity contribution is 0.489. The van der Waals surface area contributed by atoms with Crippen molar-refractivity contribution >= 4 is 22.5 Å². The first kappa shape index (κ1) is 12.0. The van der Waals surface area contributed by atoms with Crippen LogP contribution in [0.2, 0.25) is 0 Å². The Morgan fingerprint density at radius 1 is 1.33 bits per heavy atom. The van der Waals surface area contributed by atoms with Gasteiger partial charge in [0.1, 0.15) is 0 Å². The average molecular weight is 258 g/mol. The van der Waals surface area contributed by atoms with Crippen molar-refractivity contribution in [3.8, 4) is 0 Å². The van der Waals surface area contributed by atoms with Gasteiger partial charge in [0.15, 0.2) is 0 Å². The predicted octanol–water partition coefficient (Wildman–Crippen LogP) is 3.25. The second-order valence-electron chi connectivity index (χ2n) is 4.95. The molecule has 1 aromatic carbocycles. The third-order valence-corrected chi connectivity index (χ3v) is 4.95. The molecular weight excluding hydrogens is 240 g/mol. The predicted molar refractivity (Wildman–Crippen MR) is 79.0 cm³/mol. The second kappa shape index (κ2) is 5.29. The Kier molecular flexibility index (Phi) is 3.52. The van der Waals surface area contributed by atoms with Crippen molar-refractivity contribution in [2.75, 3.05) is 18.1 Å². The van der Waals surface area contributed by atoms with Crippen molar-refractivity contribution in [1.82, 2.24) is 10.3 Å². The highest BCUT2D eigenvalue weighted by molar-refractivity contribution is 8.00. The minimum Gasteiger partial charge on any atom is -0.308 e. The van der Waals surface area contributed by atoms with E-state index in [4.69, 9.17) is 0 Å². The van der Waals surface area contributed by atoms with E-state index in [1.54, 1.807) is 0 Å². The molecule has 0 spiro atoms. The summed E-state index contributed by atoms with van der Waals surface area (Å²) < 4.78 is 0. The number of hydrogen-bond acceptors (Lipinski definition) is 3. The van der Waals surface area contributed by atoms with Gasteiger partial charge in [-0.1, -0.05) is 24.3 Å². The maximum Gasteiger partial charge on any atom is 0.0648 e. The fourth-order valence-electron chi connectivity index (χ4n) is 2.33. The number of thioether (sulfide) groups is 1. The van der Waals surface area contributed by atoms with Crippen molar-refractivity contribution in [3.05, 3.63) is 42.2 Å². The van der Waals surface area contributed by atoms with E-state index in [2.05, 4.69) is 47.6 Å². The summed E-state index contributed by atoms with van der Waals surface area (Å²) in [6, 6.07) is 10.9. The van der Waals surface area contributed by atoms with Crippen LogP contribution in [0.3, 0.4) is 0 Å². The van der Waals surface area contributed by atoms with Crippen LogP contribution in [0.4, 0.5) is 0 Å². The zero-order valence-electron chi connectivity index (χ0n) is 10.6. The van der Waals surface area contributed by atoms with Crippen LogP contribution in [0, 0.1) is 5.92 Å². The van der Waals surface area contributed by atoms with Gasteiger partial charge in [0.2, 0.25) is 0 Å². The molecule has 1 saturated heterocycles. The number of benzene rings is 1. The van der Waals surface area contributed by atoms with Gasteiger partial charge in [0, 0.05) is 24.2 Å². The number of pyridine rings is 1. The monoisotopic (exact) mass is 258 g/mol. The Bertz CT molecular complexity index is 532. The second-order valence-corrected chi connectivity index (χ2v) is 6.03.